The van der Waals surface area contributed by atoms with Crippen molar-refractivity contribution in [2.24, 2.45) is 0 Å². The van der Waals surface area contributed by atoms with Crippen LogP contribution in [0.5, 0.6) is 0 Å². The van der Waals surface area contributed by atoms with E-state index in [-0.39, 0.29) is 44.8 Å². The van der Waals surface area contributed by atoms with Gasteiger partial charge in [-0.25, -0.2) is 37.3 Å². The third-order valence-electron chi connectivity index (χ3n) is 5.15. The van der Waals surface area contributed by atoms with Crippen LogP contribution >= 0.6 is 46.2 Å². The molecule has 0 saturated carbocycles. The second-order valence-electron chi connectivity index (χ2n) is 8.49. The molecule has 14 nitrogen and oxygen atoms in total. The summed E-state index contributed by atoms with van der Waals surface area (Å²) in [5.74, 6) is 1.76. The van der Waals surface area contributed by atoms with Crippen LogP contribution in [-0.2, 0) is 56.3 Å². The molecule has 0 spiro atoms. The zero-order valence-electron chi connectivity index (χ0n) is 24.3. The molecule has 4 aromatic heterocycles. The summed E-state index contributed by atoms with van der Waals surface area (Å²) in [6, 6.07) is 20.7. The molecular formula is C26H22Ag2Cl2N6O8S4. The van der Waals surface area contributed by atoms with Gasteiger partial charge in [-0.1, -0.05) is 94.7 Å². The first-order valence-electron chi connectivity index (χ1n) is 12.4. The summed E-state index contributed by atoms with van der Waals surface area (Å²) in [6.45, 7) is 3.95. The minimum Gasteiger partial charge on any atom is -0.256 e. The van der Waals surface area contributed by atoms with Crippen LogP contribution in [0.1, 0.15) is 21.1 Å². The van der Waals surface area contributed by atoms with Crippen molar-refractivity contribution in [3.8, 4) is 0 Å². The SMILES string of the molecule is Cc1nnc(SCc2cccc3cccnc23)s1.Cc1nnc(SCc2cccc3cccnc23)s1.[Ag+].[Ag+].[O-][Cl+3]([O-])([O-])[O-].[O-][Cl+3]([O-])([O-])[O-]. The first kappa shape index (κ1) is 44.8. The van der Waals surface area contributed by atoms with E-state index in [2.05, 4.69) is 78.9 Å². The average molecular weight is 961 g/mol. The van der Waals surface area contributed by atoms with E-state index in [0.717, 1.165) is 41.2 Å². The largest absolute Gasteiger partial charge is 1.00 e. The number of hydrogen-bond acceptors (Lipinski definition) is 18. The second kappa shape index (κ2) is 21.9. The third kappa shape index (κ3) is 18.2. The van der Waals surface area contributed by atoms with Crippen LogP contribution in [0.25, 0.3) is 21.8 Å². The molecule has 0 aliphatic heterocycles. The van der Waals surface area contributed by atoms with E-state index in [1.165, 1.54) is 21.9 Å². The van der Waals surface area contributed by atoms with Gasteiger partial charge >= 0.3 is 44.8 Å². The van der Waals surface area contributed by atoms with Crippen molar-refractivity contribution in [3.63, 3.8) is 0 Å². The standard InChI is InChI=1S/2C13H11N3S2.2Ag.2ClHO4/c2*1-9-15-16-13(18-9)17-8-11-5-2-4-10-6-3-7-14-12(10)11;;;2*2-1(3,4)5/h2*2-7H,8H2,1H3;;;2*(H,2,3,4,5)/q;;2*+1;;/p-2. The maximum absolute atomic E-state index is 8.49. The molecule has 4 heterocycles. The number of thioether (sulfide) groups is 2. The zero-order chi connectivity index (χ0) is 33.7. The van der Waals surface area contributed by atoms with Crippen LogP contribution < -0.4 is 37.3 Å². The van der Waals surface area contributed by atoms with E-state index >= 15 is 0 Å². The first-order valence-corrected chi connectivity index (χ1v) is 18.5. The molecule has 0 unspecified atom stereocenters. The fraction of sp³-hybridized carbons (Fsp3) is 0.154. The predicted octanol–water partition coefficient (Wildman–Crippen LogP) is -2.14. The molecule has 0 aliphatic rings. The van der Waals surface area contributed by atoms with Crippen LogP contribution in [0.4, 0.5) is 0 Å². The molecule has 22 heteroatoms. The van der Waals surface area contributed by atoms with E-state index < -0.39 is 20.5 Å². The number of benzene rings is 2. The summed E-state index contributed by atoms with van der Waals surface area (Å²) < 4.78 is 70.0. The van der Waals surface area contributed by atoms with Crippen molar-refractivity contribution in [3.05, 3.63) is 94.2 Å². The summed E-state index contributed by atoms with van der Waals surface area (Å²) in [5, 5.41) is 20.7. The molecule has 0 aliphatic carbocycles. The van der Waals surface area contributed by atoms with Crippen molar-refractivity contribution in [2.75, 3.05) is 0 Å². The smallest absolute Gasteiger partial charge is 0.256 e. The molecule has 6 aromatic rings. The summed E-state index contributed by atoms with van der Waals surface area (Å²) in [6.07, 6.45) is 3.68. The molecule has 0 amide bonds. The van der Waals surface area contributed by atoms with Gasteiger partial charge in [0.05, 0.1) is 11.0 Å². The first-order chi connectivity index (χ1) is 21.7. The summed E-state index contributed by atoms with van der Waals surface area (Å²) in [5.41, 5.74) is 4.64. The van der Waals surface area contributed by atoms with Crippen LogP contribution in [-0.4, -0.2) is 30.4 Å². The van der Waals surface area contributed by atoms with E-state index in [9.17, 15) is 0 Å². The number of aromatic nitrogens is 6. The van der Waals surface area contributed by atoms with Gasteiger partial charge in [0, 0.05) is 34.7 Å². The van der Waals surface area contributed by atoms with Gasteiger partial charge < -0.3 is 0 Å². The van der Waals surface area contributed by atoms with Gasteiger partial charge in [0.25, 0.3) is 0 Å². The fourth-order valence-corrected chi connectivity index (χ4v) is 7.12. The molecule has 0 fully saturated rings. The molecule has 0 atom stereocenters. The van der Waals surface area contributed by atoms with Crippen molar-refractivity contribution in [1.29, 1.82) is 0 Å². The van der Waals surface area contributed by atoms with Gasteiger partial charge in [-0.2, -0.15) is 0 Å². The minimum absolute atomic E-state index is 0. The van der Waals surface area contributed by atoms with Gasteiger partial charge in [-0.15, -0.1) is 40.9 Å². The quantitative estimate of drug-likeness (QED) is 0.127. The van der Waals surface area contributed by atoms with E-state index in [1.807, 2.05) is 38.4 Å². The maximum Gasteiger partial charge on any atom is 1.00 e. The van der Waals surface area contributed by atoms with Crippen LogP contribution in [0, 0.1) is 34.3 Å². The minimum atomic E-state index is -4.94. The monoisotopic (exact) mass is 958 g/mol. The summed E-state index contributed by atoms with van der Waals surface area (Å²) in [4.78, 5) is 8.91. The van der Waals surface area contributed by atoms with Crippen molar-refractivity contribution < 1.29 is 103 Å². The predicted molar refractivity (Wildman–Crippen MR) is 152 cm³/mol. The molecule has 0 N–H and O–H groups in total. The summed E-state index contributed by atoms with van der Waals surface area (Å²) >= 11 is 6.69. The van der Waals surface area contributed by atoms with Gasteiger partial charge in [0.2, 0.25) is 0 Å². The Morgan fingerprint density at radius 2 is 0.875 bits per heavy atom. The number of para-hydroxylation sites is 2. The molecule has 0 saturated heterocycles. The number of pyridine rings is 2. The Morgan fingerprint density at radius 3 is 1.19 bits per heavy atom. The molecular weight excluding hydrogens is 939 g/mol. The number of aryl methyl sites for hydroxylation is 2. The number of halogens is 2. The fourth-order valence-electron chi connectivity index (χ4n) is 3.52. The molecule has 264 valence electrons. The number of nitrogens with zero attached hydrogens (tertiary/aromatic N) is 6. The van der Waals surface area contributed by atoms with Gasteiger partial charge in [-0.05, 0) is 37.1 Å². The Bertz CT molecular complexity index is 1680. The van der Waals surface area contributed by atoms with Crippen LogP contribution in [0.2, 0.25) is 0 Å². The van der Waals surface area contributed by atoms with Crippen molar-refractivity contribution in [2.45, 2.75) is 34.0 Å². The zero-order valence-corrected chi connectivity index (χ0v) is 32.0. The number of hydrogen-bond donors (Lipinski definition) is 0. The van der Waals surface area contributed by atoms with E-state index in [0.29, 0.717) is 0 Å². The topological polar surface area (TPSA) is 262 Å². The molecule has 0 radical (unpaired) electrons. The van der Waals surface area contributed by atoms with Gasteiger partial charge in [-0.3, -0.25) is 9.97 Å². The average Bonchev–Trinajstić information content (AvgIpc) is 3.60. The molecule has 6 rings (SSSR count). The Labute approximate surface area is 326 Å². The maximum atomic E-state index is 8.49. The third-order valence-corrected chi connectivity index (χ3v) is 9.19. The Balaban J connectivity index is 0.000000365. The summed E-state index contributed by atoms with van der Waals surface area (Å²) in [7, 11) is -9.89. The molecule has 0 bridgehead atoms. The van der Waals surface area contributed by atoms with Crippen LogP contribution in [0.15, 0.2) is 81.7 Å². The van der Waals surface area contributed by atoms with Gasteiger partial charge in [0.15, 0.2) is 8.68 Å². The van der Waals surface area contributed by atoms with Crippen molar-refractivity contribution in [1.82, 2.24) is 30.4 Å². The Kier molecular flexibility index (Phi) is 20.5. The molecule has 2 aromatic carbocycles. The number of rotatable bonds is 6. The van der Waals surface area contributed by atoms with E-state index in [4.69, 9.17) is 37.3 Å². The normalized spacial score (nSPS) is 10.7. The van der Waals surface area contributed by atoms with Crippen LogP contribution in [0.3, 0.4) is 0 Å². The van der Waals surface area contributed by atoms with E-state index in [1.54, 1.807) is 46.2 Å². The number of fused-ring (bicyclic) bond motifs is 2. The molecule has 48 heavy (non-hydrogen) atoms. The van der Waals surface area contributed by atoms with Gasteiger partial charge in [0.1, 0.15) is 10.0 Å². The Morgan fingerprint density at radius 1 is 0.542 bits per heavy atom. The second-order valence-corrected chi connectivity index (χ2v) is 14.8. The van der Waals surface area contributed by atoms with Crippen molar-refractivity contribution >= 4 is 68.0 Å². The Hall–Kier alpha value is -1.18.